The first-order chi connectivity index (χ1) is 21.8. The van der Waals surface area contributed by atoms with Crippen LogP contribution in [0.3, 0.4) is 0 Å². The van der Waals surface area contributed by atoms with Gasteiger partial charge in [-0.1, -0.05) is 123 Å². The van der Waals surface area contributed by atoms with E-state index in [4.69, 9.17) is 18.9 Å². The van der Waals surface area contributed by atoms with Crippen LogP contribution in [0.1, 0.15) is 47.6 Å². The van der Waals surface area contributed by atoms with Crippen LogP contribution in [-0.2, 0) is 20.8 Å². The molecule has 230 valence electrons. The molecular weight excluding hydrogens is 570 g/mol. The zero-order valence-corrected chi connectivity index (χ0v) is 25.4. The minimum atomic E-state index is -1.52. The second-order valence-electron chi connectivity index (χ2n) is 11.0. The molecule has 1 heterocycles. The number of carboxylic acid groups (broad SMARTS) is 1. The summed E-state index contributed by atoms with van der Waals surface area (Å²) in [6.07, 6.45) is -2.44. The SMILES string of the molecule is Cc1ccc(COc2ccccc2C2C(OC(=O)O)=C(c3ccccc3)NC(c3ccccc3)=C2OC(=O)OCC(C)C)cc1. The van der Waals surface area contributed by atoms with Crippen LogP contribution in [0.15, 0.2) is 121 Å². The molecule has 1 aliphatic heterocycles. The summed E-state index contributed by atoms with van der Waals surface area (Å²) >= 11 is 0. The van der Waals surface area contributed by atoms with Gasteiger partial charge in [-0.2, -0.15) is 0 Å². The van der Waals surface area contributed by atoms with Gasteiger partial charge in [-0.15, -0.1) is 0 Å². The molecule has 0 bridgehead atoms. The van der Waals surface area contributed by atoms with Crippen LogP contribution >= 0.6 is 0 Å². The van der Waals surface area contributed by atoms with Gasteiger partial charge in [0.25, 0.3) is 0 Å². The Labute approximate surface area is 262 Å². The lowest BCUT2D eigenvalue weighted by Gasteiger charge is -2.33. The Hall–Kier alpha value is -5.50. The number of rotatable bonds is 10. The average molecular weight is 606 g/mol. The maximum absolute atomic E-state index is 13.2. The summed E-state index contributed by atoms with van der Waals surface area (Å²) in [6.45, 7) is 6.26. The van der Waals surface area contributed by atoms with Crippen LogP contribution < -0.4 is 10.1 Å². The zero-order valence-electron chi connectivity index (χ0n) is 25.4. The summed E-state index contributed by atoms with van der Waals surface area (Å²) in [6, 6.07) is 33.8. The number of para-hydroxylation sites is 1. The van der Waals surface area contributed by atoms with E-state index in [1.54, 1.807) is 12.1 Å². The Morgan fingerprint density at radius 3 is 1.89 bits per heavy atom. The van der Waals surface area contributed by atoms with Gasteiger partial charge in [0.05, 0.1) is 18.0 Å². The summed E-state index contributed by atoms with van der Waals surface area (Å²) in [5, 5.41) is 13.3. The molecular formula is C37H35NO7. The minimum Gasteiger partial charge on any atom is -0.489 e. The summed E-state index contributed by atoms with van der Waals surface area (Å²) in [5.74, 6) is -0.350. The highest BCUT2D eigenvalue weighted by molar-refractivity contribution is 5.86. The van der Waals surface area contributed by atoms with Crippen LogP contribution in [0.4, 0.5) is 9.59 Å². The Bertz CT molecular complexity index is 1690. The molecule has 0 aromatic heterocycles. The van der Waals surface area contributed by atoms with E-state index in [-0.39, 0.29) is 30.6 Å². The second kappa shape index (κ2) is 14.3. The summed E-state index contributed by atoms with van der Waals surface area (Å²) in [7, 11) is 0. The van der Waals surface area contributed by atoms with E-state index in [2.05, 4.69) is 5.32 Å². The number of benzene rings is 4. The molecule has 5 rings (SSSR count). The van der Waals surface area contributed by atoms with Crippen molar-refractivity contribution in [1.29, 1.82) is 0 Å². The number of hydrogen-bond donors (Lipinski definition) is 2. The summed E-state index contributed by atoms with van der Waals surface area (Å²) in [5.41, 5.74) is 4.85. The summed E-state index contributed by atoms with van der Waals surface area (Å²) < 4.78 is 23.3. The van der Waals surface area contributed by atoms with E-state index in [1.165, 1.54) is 0 Å². The summed E-state index contributed by atoms with van der Waals surface area (Å²) in [4.78, 5) is 25.4. The van der Waals surface area contributed by atoms with E-state index in [0.29, 0.717) is 33.8 Å². The average Bonchev–Trinajstić information content (AvgIpc) is 3.04. The Morgan fingerprint density at radius 1 is 0.756 bits per heavy atom. The van der Waals surface area contributed by atoms with Crippen molar-refractivity contribution in [3.05, 3.63) is 149 Å². The molecule has 0 spiro atoms. The van der Waals surface area contributed by atoms with Crippen LogP contribution in [0.25, 0.3) is 11.4 Å². The Kier molecular flexibility index (Phi) is 9.84. The van der Waals surface area contributed by atoms with Crippen molar-refractivity contribution in [2.45, 2.75) is 33.3 Å². The van der Waals surface area contributed by atoms with Crippen LogP contribution in [0.2, 0.25) is 0 Å². The largest absolute Gasteiger partial charge is 0.513 e. The first kappa shape index (κ1) is 30.9. The molecule has 2 N–H and O–H groups in total. The lowest BCUT2D eigenvalue weighted by molar-refractivity contribution is 0.0626. The Balaban J connectivity index is 1.71. The number of carbonyl (C=O) groups excluding carboxylic acids is 1. The first-order valence-electron chi connectivity index (χ1n) is 14.7. The predicted molar refractivity (Wildman–Crippen MR) is 171 cm³/mol. The van der Waals surface area contributed by atoms with Gasteiger partial charge in [-0.05, 0) is 24.5 Å². The van der Waals surface area contributed by atoms with Gasteiger partial charge in [0, 0.05) is 16.7 Å². The Morgan fingerprint density at radius 2 is 1.31 bits per heavy atom. The fraction of sp³-hybridized carbons (Fsp3) is 0.189. The predicted octanol–water partition coefficient (Wildman–Crippen LogP) is 8.50. The molecule has 1 unspecified atom stereocenters. The maximum atomic E-state index is 13.2. The van der Waals surface area contributed by atoms with E-state index < -0.39 is 18.2 Å². The van der Waals surface area contributed by atoms with Gasteiger partial charge >= 0.3 is 12.3 Å². The van der Waals surface area contributed by atoms with Gasteiger partial charge in [-0.25, -0.2) is 9.59 Å². The van der Waals surface area contributed by atoms with Crippen molar-refractivity contribution in [3.8, 4) is 5.75 Å². The van der Waals surface area contributed by atoms with Gasteiger partial charge < -0.3 is 29.4 Å². The number of carbonyl (C=O) groups is 2. The van der Waals surface area contributed by atoms with Crippen molar-refractivity contribution < 1.29 is 33.6 Å². The van der Waals surface area contributed by atoms with Crippen molar-refractivity contribution in [2.24, 2.45) is 5.92 Å². The van der Waals surface area contributed by atoms with Crippen molar-refractivity contribution >= 4 is 23.7 Å². The van der Waals surface area contributed by atoms with Gasteiger partial charge in [0.1, 0.15) is 18.3 Å². The number of aryl methyl sites for hydroxylation is 1. The van der Waals surface area contributed by atoms with Gasteiger partial charge in [-0.3, -0.25) is 0 Å². The lowest BCUT2D eigenvalue weighted by Crippen LogP contribution is -2.30. The lowest BCUT2D eigenvalue weighted by atomic mass is 9.86. The number of ether oxygens (including phenoxy) is 4. The molecule has 1 aliphatic rings. The highest BCUT2D eigenvalue weighted by atomic mass is 16.7. The van der Waals surface area contributed by atoms with Crippen LogP contribution in [0, 0.1) is 12.8 Å². The molecule has 4 aromatic rings. The van der Waals surface area contributed by atoms with Gasteiger partial charge in [0.2, 0.25) is 0 Å². The third kappa shape index (κ3) is 7.72. The quantitative estimate of drug-likeness (QED) is 0.174. The molecule has 0 radical (unpaired) electrons. The van der Waals surface area contributed by atoms with Crippen molar-refractivity contribution in [1.82, 2.24) is 5.32 Å². The van der Waals surface area contributed by atoms with E-state index in [9.17, 15) is 14.7 Å². The molecule has 0 fully saturated rings. The smallest absolute Gasteiger partial charge is 0.489 e. The third-order valence-corrected chi connectivity index (χ3v) is 7.06. The topological polar surface area (TPSA) is 103 Å². The molecule has 45 heavy (non-hydrogen) atoms. The first-order valence-corrected chi connectivity index (χ1v) is 14.7. The molecule has 4 aromatic carbocycles. The van der Waals surface area contributed by atoms with Crippen LogP contribution in [-0.4, -0.2) is 24.0 Å². The minimum absolute atomic E-state index is 0.0198. The standard InChI is InChI=1S/C37H35NO7/c1-24(2)22-43-37(41)45-35-31(29-16-10-11-17-30(29)42-23-26-20-18-25(3)19-21-26)34(44-36(39)40)32(27-12-6-4-7-13-27)38-33(35)28-14-8-5-9-15-28/h4-21,24,31,38H,22-23H2,1-3H3,(H,39,40). The number of hydrogen-bond acceptors (Lipinski definition) is 7. The normalized spacial score (nSPS) is 14.5. The molecule has 8 nitrogen and oxygen atoms in total. The molecule has 8 heteroatoms. The third-order valence-electron chi connectivity index (χ3n) is 7.06. The molecule has 0 saturated carbocycles. The van der Waals surface area contributed by atoms with Crippen molar-refractivity contribution in [3.63, 3.8) is 0 Å². The van der Waals surface area contributed by atoms with Crippen molar-refractivity contribution in [2.75, 3.05) is 6.61 Å². The molecule has 0 amide bonds. The fourth-order valence-corrected chi connectivity index (χ4v) is 4.94. The van der Waals surface area contributed by atoms with E-state index in [0.717, 1.165) is 11.1 Å². The van der Waals surface area contributed by atoms with Crippen LogP contribution in [0.5, 0.6) is 5.75 Å². The second-order valence-corrected chi connectivity index (χ2v) is 11.0. The molecule has 1 atom stereocenters. The van der Waals surface area contributed by atoms with E-state index in [1.807, 2.05) is 118 Å². The van der Waals surface area contributed by atoms with Gasteiger partial charge in [0.15, 0.2) is 11.5 Å². The number of dihydropyridines is 1. The zero-order chi connectivity index (χ0) is 31.8. The molecule has 0 aliphatic carbocycles. The highest BCUT2D eigenvalue weighted by Gasteiger charge is 2.40. The maximum Gasteiger partial charge on any atom is 0.513 e. The fourth-order valence-electron chi connectivity index (χ4n) is 4.94. The number of nitrogens with one attached hydrogen (secondary N) is 1. The van der Waals surface area contributed by atoms with E-state index >= 15 is 0 Å². The highest BCUT2D eigenvalue weighted by Crippen LogP contribution is 2.47. The monoisotopic (exact) mass is 605 g/mol. The molecule has 0 saturated heterocycles.